The summed E-state index contributed by atoms with van der Waals surface area (Å²) < 4.78 is 0. The van der Waals surface area contributed by atoms with Gasteiger partial charge in [0.1, 0.15) is 24.4 Å². The van der Waals surface area contributed by atoms with Gasteiger partial charge in [-0.05, 0) is 6.42 Å². The van der Waals surface area contributed by atoms with Gasteiger partial charge in [0.15, 0.2) is 6.29 Å². The van der Waals surface area contributed by atoms with Crippen LogP contribution in [0, 0.1) is 0 Å². The third-order valence-electron chi connectivity index (χ3n) is 5.41. The summed E-state index contributed by atoms with van der Waals surface area (Å²) in [4.78, 5) is 20.2. The number of aldehydes is 1. The third kappa shape index (κ3) is 22.1. The SMILES string of the molecule is CCCCCCCCCCCCCCCCCC(=O)O.O=C[C@H](O)[C@@H](O)[C@H](O)[C@H](O)CO. The molecule has 0 unspecified atom stereocenters. The number of hydrogen-bond donors (Lipinski definition) is 6. The van der Waals surface area contributed by atoms with E-state index >= 15 is 0 Å². The summed E-state index contributed by atoms with van der Waals surface area (Å²) in [6.45, 7) is 1.51. The normalized spacial score (nSPS) is 14.7. The van der Waals surface area contributed by atoms with Crippen molar-refractivity contribution < 1.29 is 40.2 Å². The molecule has 0 saturated carbocycles. The molecule has 0 amide bonds. The summed E-state index contributed by atoms with van der Waals surface area (Å²) in [5.41, 5.74) is 0. The molecule has 0 bridgehead atoms. The van der Waals surface area contributed by atoms with Crippen LogP contribution in [0.5, 0.6) is 0 Å². The van der Waals surface area contributed by atoms with Crippen LogP contribution >= 0.6 is 0 Å². The van der Waals surface area contributed by atoms with Crippen LogP contribution < -0.4 is 0 Å². The minimum absolute atomic E-state index is 0.0258. The Morgan fingerprint density at radius 3 is 1.38 bits per heavy atom. The van der Waals surface area contributed by atoms with Gasteiger partial charge in [-0.25, -0.2) is 0 Å². The quantitative estimate of drug-likeness (QED) is 0.112. The Balaban J connectivity index is 0. The third-order valence-corrected chi connectivity index (χ3v) is 5.41. The topological polar surface area (TPSA) is 156 Å². The van der Waals surface area contributed by atoms with Gasteiger partial charge in [-0.1, -0.05) is 96.8 Å². The Labute approximate surface area is 193 Å². The lowest BCUT2D eigenvalue weighted by Crippen LogP contribution is -2.46. The number of rotatable bonds is 21. The van der Waals surface area contributed by atoms with Gasteiger partial charge in [-0.3, -0.25) is 4.79 Å². The van der Waals surface area contributed by atoms with Gasteiger partial charge in [0.25, 0.3) is 0 Å². The fraction of sp³-hybridized carbons (Fsp3) is 0.917. The summed E-state index contributed by atoms with van der Waals surface area (Å²) in [5, 5.41) is 52.1. The number of aliphatic carboxylic acids is 1. The van der Waals surface area contributed by atoms with Gasteiger partial charge in [0.2, 0.25) is 0 Å². The molecule has 6 N–H and O–H groups in total. The van der Waals surface area contributed by atoms with E-state index in [9.17, 15) is 9.59 Å². The summed E-state index contributed by atoms with van der Waals surface area (Å²) in [7, 11) is 0. The lowest BCUT2D eigenvalue weighted by molar-refractivity contribution is -0.137. The van der Waals surface area contributed by atoms with Crippen molar-refractivity contribution in [2.24, 2.45) is 0 Å². The molecule has 0 heterocycles. The first-order valence-corrected chi connectivity index (χ1v) is 12.3. The van der Waals surface area contributed by atoms with Crippen LogP contribution in [-0.4, -0.2) is 73.9 Å². The van der Waals surface area contributed by atoms with Crippen molar-refractivity contribution in [1.82, 2.24) is 0 Å². The maximum atomic E-state index is 10.3. The average Bonchev–Trinajstić information content (AvgIpc) is 2.79. The molecule has 4 atom stereocenters. The van der Waals surface area contributed by atoms with E-state index in [1.807, 2.05) is 0 Å². The van der Waals surface area contributed by atoms with Gasteiger partial charge >= 0.3 is 5.97 Å². The van der Waals surface area contributed by atoms with Crippen LogP contribution in [0.15, 0.2) is 0 Å². The number of aliphatic hydroxyl groups excluding tert-OH is 5. The van der Waals surface area contributed by atoms with Crippen molar-refractivity contribution in [3.05, 3.63) is 0 Å². The molecule has 192 valence electrons. The van der Waals surface area contributed by atoms with E-state index in [4.69, 9.17) is 30.6 Å². The van der Waals surface area contributed by atoms with Gasteiger partial charge in [-0.2, -0.15) is 0 Å². The molecular weight excluding hydrogens is 416 g/mol. The molecular formula is C24H48O8. The molecule has 0 fully saturated rings. The van der Waals surface area contributed by atoms with Crippen LogP contribution in [0.3, 0.4) is 0 Å². The summed E-state index contributed by atoms with van der Waals surface area (Å²) in [5.74, 6) is -0.653. The second-order valence-electron chi connectivity index (χ2n) is 8.45. The number of carboxylic acid groups (broad SMARTS) is 1. The maximum absolute atomic E-state index is 10.3. The Morgan fingerprint density at radius 1 is 0.688 bits per heavy atom. The van der Waals surface area contributed by atoms with Crippen LogP contribution in [0.1, 0.15) is 110 Å². The predicted octanol–water partition coefficient (Wildman–Crippen LogP) is 2.95. The molecule has 8 heteroatoms. The first-order valence-electron chi connectivity index (χ1n) is 12.3. The monoisotopic (exact) mass is 464 g/mol. The second-order valence-corrected chi connectivity index (χ2v) is 8.45. The largest absolute Gasteiger partial charge is 0.481 e. The molecule has 0 aromatic rings. The van der Waals surface area contributed by atoms with Crippen LogP contribution in [0.25, 0.3) is 0 Å². The standard InChI is InChI=1S/C18H36O2.C6H12O6/c1-2-3-4-5-6-7-8-9-10-11-12-13-14-15-16-17-18(19)20;7-1-3(9)5(11)6(12)4(10)2-8/h2-17H2,1H3,(H,19,20);1,3-6,8-12H,2H2/t;3-,4+,5+,6+/m.0/s1. The molecule has 0 aromatic carbocycles. The molecule has 0 aliphatic carbocycles. The zero-order valence-electron chi connectivity index (χ0n) is 19.9. The number of carbonyl (C=O) groups is 2. The average molecular weight is 465 g/mol. The Hall–Kier alpha value is -1.06. The smallest absolute Gasteiger partial charge is 0.303 e. The molecule has 0 radical (unpaired) electrons. The second kappa shape index (κ2) is 24.6. The summed E-state index contributed by atoms with van der Waals surface area (Å²) in [6.07, 6.45) is 13.4. The highest BCUT2D eigenvalue weighted by atomic mass is 16.4. The van der Waals surface area contributed by atoms with Gasteiger partial charge in [-0.15, -0.1) is 0 Å². The predicted molar refractivity (Wildman–Crippen MR) is 124 cm³/mol. The minimum Gasteiger partial charge on any atom is -0.481 e. The maximum Gasteiger partial charge on any atom is 0.303 e. The zero-order chi connectivity index (χ0) is 24.6. The van der Waals surface area contributed by atoms with Crippen molar-refractivity contribution >= 4 is 12.3 Å². The fourth-order valence-electron chi connectivity index (χ4n) is 3.27. The van der Waals surface area contributed by atoms with E-state index in [-0.39, 0.29) is 6.29 Å². The molecule has 0 aliphatic heterocycles. The minimum atomic E-state index is -1.79. The van der Waals surface area contributed by atoms with Crippen molar-refractivity contribution in [3.63, 3.8) is 0 Å². The molecule has 0 aromatic heterocycles. The zero-order valence-corrected chi connectivity index (χ0v) is 19.9. The van der Waals surface area contributed by atoms with E-state index in [0.29, 0.717) is 6.42 Å². The number of unbranched alkanes of at least 4 members (excludes halogenated alkanes) is 14. The number of carbonyl (C=O) groups excluding carboxylic acids is 1. The van der Waals surface area contributed by atoms with Crippen molar-refractivity contribution in [3.8, 4) is 0 Å². The van der Waals surface area contributed by atoms with Crippen LogP contribution in [-0.2, 0) is 9.59 Å². The van der Waals surface area contributed by atoms with Crippen LogP contribution in [0.4, 0.5) is 0 Å². The summed E-state index contributed by atoms with van der Waals surface area (Å²) >= 11 is 0. The first kappa shape index (κ1) is 33.1. The molecule has 8 nitrogen and oxygen atoms in total. The fourth-order valence-corrected chi connectivity index (χ4v) is 3.27. The van der Waals surface area contributed by atoms with Crippen molar-refractivity contribution in [2.45, 2.75) is 134 Å². The first-order chi connectivity index (χ1) is 15.3. The highest BCUT2D eigenvalue weighted by Gasteiger charge is 2.29. The molecule has 0 spiro atoms. The van der Waals surface area contributed by atoms with E-state index in [1.54, 1.807) is 0 Å². The van der Waals surface area contributed by atoms with E-state index in [1.165, 1.54) is 83.5 Å². The van der Waals surface area contributed by atoms with E-state index in [0.717, 1.165) is 12.8 Å². The van der Waals surface area contributed by atoms with E-state index in [2.05, 4.69) is 6.92 Å². The van der Waals surface area contributed by atoms with Crippen molar-refractivity contribution in [1.29, 1.82) is 0 Å². The number of hydrogen-bond acceptors (Lipinski definition) is 7. The lowest BCUT2D eigenvalue weighted by Gasteiger charge is -2.22. The molecule has 0 saturated heterocycles. The molecule has 0 aliphatic rings. The Bertz CT molecular complexity index is 419. The van der Waals surface area contributed by atoms with Gasteiger partial charge in [0, 0.05) is 6.42 Å². The molecule has 0 rings (SSSR count). The molecule has 32 heavy (non-hydrogen) atoms. The lowest BCUT2D eigenvalue weighted by atomic mass is 10.0. The summed E-state index contributed by atoms with van der Waals surface area (Å²) in [6, 6.07) is 0. The van der Waals surface area contributed by atoms with Gasteiger partial charge < -0.3 is 35.4 Å². The number of carboxylic acids is 1. The Kier molecular flexibility index (Phi) is 25.4. The number of aliphatic hydroxyl groups is 5. The van der Waals surface area contributed by atoms with Crippen LogP contribution in [0.2, 0.25) is 0 Å². The Morgan fingerprint density at radius 2 is 1.06 bits per heavy atom. The van der Waals surface area contributed by atoms with Gasteiger partial charge in [0.05, 0.1) is 6.61 Å². The van der Waals surface area contributed by atoms with E-state index < -0.39 is 37.0 Å². The highest BCUT2D eigenvalue weighted by Crippen LogP contribution is 2.13. The van der Waals surface area contributed by atoms with Crippen molar-refractivity contribution in [2.75, 3.05) is 6.61 Å². The highest BCUT2D eigenvalue weighted by molar-refractivity contribution is 5.66.